The minimum atomic E-state index is -3.94. The van der Waals surface area contributed by atoms with E-state index >= 15 is 0 Å². The Hall–Kier alpha value is -2.23. The first-order valence-corrected chi connectivity index (χ1v) is 13.7. The van der Waals surface area contributed by atoms with Gasteiger partial charge in [-0.1, -0.05) is 37.6 Å². The third kappa shape index (κ3) is 5.70. The monoisotopic (exact) mass is 507 g/mol. The molecular weight excluding hydrogens is 474 g/mol. The van der Waals surface area contributed by atoms with Gasteiger partial charge in [-0.25, -0.2) is 8.42 Å². The van der Waals surface area contributed by atoms with E-state index in [-0.39, 0.29) is 16.7 Å². The van der Waals surface area contributed by atoms with E-state index in [9.17, 15) is 18.3 Å². The smallest absolute Gasteiger partial charge is 0.308 e. The summed E-state index contributed by atoms with van der Waals surface area (Å²) in [5.74, 6) is 0.464. The van der Waals surface area contributed by atoms with Gasteiger partial charge in [0.15, 0.2) is 11.5 Å². The van der Waals surface area contributed by atoms with Crippen molar-refractivity contribution in [2.45, 2.75) is 43.4 Å². The van der Waals surface area contributed by atoms with Gasteiger partial charge in [0.25, 0.3) is 0 Å². The minimum absolute atomic E-state index is 0.0969. The fourth-order valence-electron chi connectivity index (χ4n) is 4.15. The van der Waals surface area contributed by atoms with Gasteiger partial charge in [-0.2, -0.15) is 16.1 Å². The molecule has 0 aliphatic carbocycles. The lowest BCUT2D eigenvalue weighted by atomic mass is 9.90. The number of sulfonamides is 1. The van der Waals surface area contributed by atoms with Gasteiger partial charge in [0.1, 0.15) is 0 Å². The van der Waals surface area contributed by atoms with Crippen LogP contribution < -0.4 is 9.47 Å². The van der Waals surface area contributed by atoms with E-state index < -0.39 is 28.0 Å². The minimum Gasteiger partial charge on any atom is -0.493 e. The Morgan fingerprint density at radius 1 is 1.12 bits per heavy atom. The maximum atomic E-state index is 13.8. The van der Waals surface area contributed by atoms with E-state index in [4.69, 9.17) is 9.47 Å². The van der Waals surface area contributed by atoms with Crippen molar-refractivity contribution in [1.29, 1.82) is 0 Å². The fourth-order valence-corrected chi connectivity index (χ4v) is 7.19. The number of hydrogen-bond acceptors (Lipinski definition) is 6. The summed E-state index contributed by atoms with van der Waals surface area (Å²) in [6, 6.07) is 11.5. The van der Waals surface area contributed by atoms with Crippen LogP contribution in [0.3, 0.4) is 0 Å². The normalized spacial score (nSPS) is 21.4. The van der Waals surface area contributed by atoms with Crippen molar-refractivity contribution in [2.24, 2.45) is 11.8 Å². The molecule has 1 aliphatic rings. The van der Waals surface area contributed by atoms with Crippen LogP contribution in [0.25, 0.3) is 0 Å². The highest BCUT2D eigenvalue weighted by molar-refractivity contribution is 7.99. The van der Waals surface area contributed by atoms with Crippen LogP contribution in [-0.4, -0.2) is 55.6 Å². The van der Waals surface area contributed by atoms with Crippen molar-refractivity contribution < 1.29 is 27.8 Å². The van der Waals surface area contributed by atoms with Crippen LogP contribution >= 0.6 is 11.8 Å². The summed E-state index contributed by atoms with van der Waals surface area (Å²) in [7, 11) is -0.867. The summed E-state index contributed by atoms with van der Waals surface area (Å²) in [5.41, 5.74) is 1.69. The Labute approximate surface area is 206 Å². The predicted octanol–water partition coefficient (Wildman–Crippen LogP) is 4.61. The molecule has 7 nitrogen and oxygen atoms in total. The van der Waals surface area contributed by atoms with Crippen LogP contribution in [0, 0.1) is 18.8 Å². The molecule has 0 radical (unpaired) electrons. The Kier molecular flexibility index (Phi) is 8.54. The molecule has 34 heavy (non-hydrogen) atoms. The second kappa shape index (κ2) is 11.0. The molecule has 0 bridgehead atoms. The molecule has 0 amide bonds. The van der Waals surface area contributed by atoms with Crippen molar-refractivity contribution >= 4 is 27.8 Å². The highest BCUT2D eigenvalue weighted by Crippen LogP contribution is 2.44. The maximum absolute atomic E-state index is 13.8. The number of methoxy groups -OCH3 is 2. The van der Waals surface area contributed by atoms with Crippen LogP contribution in [0.15, 0.2) is 47.4 Å². The Morgan fingerprint density at radius 3 is 2.32 bits per heavy atom. The summed E-state index contributed by atoms with van der Waals surface area (Å²) in [6.45, 7) is 5.97. The van der Waals surface area contributed by atoms with Gasteiger partial charge in [-0.15, -0.1) is 0 Å². The zero-order valence-electron chi connectivity index (χ0n) is 20.2. The number of thioether (sulfide) groups is 1. The number of piperidine rings is 1. The van der Waals surface area contributed by atoms with E-state index in [2.05, 4.69) is 13.8 Å². The summed E-state index contributed by atoms with van der Waals surface area (Å²) in [6.07, 6.45) is 0.384. The standard InChI is InChI=1S/C25H33NO6S2/c1-16(2)15-33-24-13-21(18-8-11-22(31-4)23(12-18)32-5)26(14-20(24)25(27)28)34(29,30)19-9-6-17(3)7-10-19/h6-12,16,20-21,24H,13-15H2,1-5H3,(H,27,28)/t20-,21+,24-/m1/s1. The number of nitrogens with zero attached hydrogens (tertiary/aromatic N) is 1. The molecule has 0 aromatic heterocycles. The second-order valence-electron chi connectivity index (χ2n) is 8.96. The van der Waals surface area contributed by atoms with Gasteiger partial charge >= 0.3 is 5.97 Å². The molecular formula is C25H33NO6S2. The molecule has 0 unspecified atom stereocenters. The number of carboxylic acids is 1. The van der Waals surface area contributed by atoms with E-state index in [1.54, 1.807) is 55.3 Å². The van der Waals surface area contributed by atoms with Gasteiger partial charge in [-0.05, 0) is 54.8 Å². The largest absolute Gasteiger partial charge is 0.493 e. The first-order valence-electron chi connectivity index (χ1n) is 11.2. The van der Waals surface area contributed by atoms with Crippen LogP contribution in [0.5, 0.6) is 11.5 Å². The van der Waals surface area contributed by atoms with Gasteiger partial charge < -0.3 is 14.6 Å². The highest BCUT2D eigenvalue weighted by Gasteiger charge is 2.45. The number of benzene rings is 2. The fraction of sp³-hybridized carbons (Fsp3) is 0.480. The zero-order chi connectivity index (χ0) is 25.0. The molecule has 2 aromatic rings. The van der Waals surface area contributed by atoms with Crippen molar-refractivity contribution in [3.05, 3.63) is 53.6 Å². The molecule has 9 heteroatoms. The Morgan fingerprint density at radius 2 is 1.76 bits per heavy atom. The Balaban J connectivity index is 2.09. The van der Waals surface area contributed by atoms with Gasteiger partial charge in [0.2, 0.25) is 10.0 Å². The van der Waals surface area contributed by atoms with E-state index in [0.717, 1.165) is 16.9 Å². The average Bonchev–Trinajstić information content (AvgIpc) is 2.81. The topological polar surface area (TPSA) is 93.1 Å². The first kappa shape index (κ1) is 26.4. The lowest BCUT2D eigenvalue weighted by Gasteiger charge is -2.42. The van der Waals surface area contributed by atoms with E-state index in [1.165, 1.54) is 11.4 Å². The molecule has 186 valence electrons. The molecule has 3 atom stereocenters. The average molecular weight is 508 g/mol. The molecule has 1 aliphatic heterocycles. The lowest BCUT2D eigenvalue weighted by molar-refractivity contribution is -0.143. The number of carbonyl (C=O) groups is 1. The number of aliphatic carboxylic acids is 1. The summed E-state index contributed by atoms with van der Waals surface area (Å²) in [4.78, 5) is 12.4. The summed E-state index contributed by atoms with van der Waals surface area (Å²) >= 11 is 1.61. The summed E-state index contributed by atoms with van der Waals surface area (Å²) in [5, 5.41) is 9.78. The highest BCUT2D eigenvalue weighted by atomic mass is 32.2. The van der Waals surface area contributed by atoms with Gasteiger partial charge in [0.05, 0.1) is 31.1 Å². The number of aryl methyl sites for hydroxylation is 1. The third-order valence-corrected chi connectivity index (χ3v) is 9.71. The van der Waals surface area contributed by atoms with E-state index in [0.29, 0.717) is 23.8 Å². The molecule has 2 aromatic carbocycles. The molecule has 1 N–H and O–H groups in total. The van der Waals surface area contributed by atoms with Crippen LogP contribution in [0.1, 0.15) is 37.4 Å². The quantitative estimate of drug-likeness (QED) is 0.530. The van der Waals surface area contributed by atoms with Crippen molar-refractivity contribution in [3.8, 4) is 11.5 Å². The Bertz CT molecular complexity index is 1100. The van der Waals surface area contributed by atoms with Gasteiger partial charge in [0, 0.05) is 11.8 Å². The van der Waals surface area contributed by atoms with Crippen molar-refractivity contribution in [3.63, 3.8) is 0 Å². The lowest BCUT2D eigenvalue weighted by Crippen LogP contribution is -2.49. The maximum Gasteiger partial charge on any atom is 0.308 e. The molecule has 1 heterocycles. The molecule has 0 saturated carbocycles. The van der Waals surface area contributed by atoms with Crippen molar-refractivity contribution in [1.82, 2.24) is 4.31 Å². The number of carboxylic acid groups (broad SMARTS) is 1. The van der Waals surface area contributed by atoms with E-state index in [1.807, 2.05) is 13.0 Å². The van der Waals surface area contributed by atoms with Crippen molar-refractivity contribution in [2.75, 3.05) is 26.5 Å². The zero-order valence-corrected chi connectivity index (χ0v) is 21.9. The van der Waals surface area contributed by atoms with Crippen LogP contribution in [-0.2, 0) is 14.8 Å². The summed E-state index contributed by atoms with van der Waals surface area (Å²) < 4.78 is 39.7. The molecule has 1 fully saturated rings. The van der Waals surface area contributed by atoms with Crippen LogP contribution in [0.4, 0.5) is 0 Å². The SMILES string of the molecule is COc1ccc([C@@H]2C[C@@H](SCC(C)C)[C@H](C(=O)O)CN2S(=O)(=O)c2ccc(C)cc2)cc1OC. The predicted molar refractivity (Wildman–Crippen MR) is 134 cm³/mol. The number of rotatable bonds is 9. The molecule has 0 spiro atoms. The number of ether oxygens (including phenoxy) is 2. The van der Waals surface area contributed by atoms with Crippen LogP contribution in [0.2, 0.25) is 0 Å². The molecule has 3 rings (SSSR count). The third-order valence-electron chi connectivity index (χ3n) is 6.01. The second-order valence-corrected chi connectivity index (χ2v) is 12.1. The van der Waals surface area contributed by atoms with Gasteiger partial charge in [-0.3, -0.25) is 4.79 Å². The molecule has 1 saturated heterocycles. The number of hydrogen-bond donors (Lipinski definition) is 1. The first-order chi connectivity index (χ1) is 16.1.